The van der Waals surface area contributed by atoms with Crippen molar-refractivity contribution in [3.8, 4) is 5.75 Å². The van der Waals surface area contributed by atoms with E-state index in [9.17, 15) is 9.59 Å². The van der Waals surface area contributed by atoms with Gasteiger partial charge in [-0.3, -0.25) is 4.79 Å². The third kappa shape index (κ3) is 3.49. The summed E-state index contributed by atoms with van der Waals surface area (Å²) in [5, 5.41) is 5.29. The molecule has 7 nitrogen and oxygen atoms in total. The van der Waals surface area contributed by atoms with Crippen molar-refractivity contribution in [3.05, 3.63) is 24.3 Å². The Labute approximate surface area is 135 Å². The summed E-state index contributed by atoms with van der Waals surface area (Å²) in [4.78, 5) is 27.8. The number of nitrogens with zero attached hydrogens (tertiary/aromatic N) is 2. The first-order valence-electron chi connectivity index (χ1n) is 7.89. The first-order valence-corrected chi connectivity index (χ1v) is 7.89. The van der Waals surface area contributed by atoms with Crippen molar-refractivity contribution < 1.29 is 14.3 Å². The number of benzene rings is 1. The SMILES string of the molecule is COc1ccc(N2CCCN(C(=O)C3CNC(=O)N3)CC2)cc1. The van der Waals surface area contributed by atoms with Gasteiger partial charge in [0.1, 0.15) is 11.8 Å². The highest BCUT2D eigenvalue weighted by Gasteiger charge is 2.31. The predicted octanol–water partition coefficient (Wildman–Crippen LogP) is 0.415. The van der Waals surface area contributed by atoms with E-state index >= 15 is 0 Å². The molecule has 7 heteroatoms. The molecule has 0 radical (unpaired) electrons. The summed E-state index contributed by atoms with van der Waals surface area (Å²) in [6, 6.07) is 7.27. The summed E-state index contributed by atoms with van der Waals surface area (Å²) in [7, 11) is 1.65. The lowest BCUT2D eigenvalue weighted by atomic mass is 10.2. The van der Waals surface area contributed by atoms with Crippen molar-refractivity contribution in [1.82, 2.24) is 15.5 Å². The Morgan fingerprint density at radius 3 is 2.61 bits per heavy atom. The quantitative estimate of drug-likeness (QED) is 0.847. The van der Waals surface area contributed by atoms with Gasteiger partial charge in [-0.1, -0.05) is 0 Å². The minimum absolute atomic E-state index is 0.0000640. The molecule has 2 aliphatic rings. The molecule has 2 fully saturated rings. The Morgan fingerprint density at radius 2 is 1.96 bits per heavy atom. The highest BCUT2D eigenvalue weighted by atomic mass is 16.5. The van der Waals surface area contributed by atoms with Gasteiger partial charge in [-0.15, -0.1) is 0 Å². The fraction of sp³-hybridized carbons (Fsp3) is 0.500. The molecule has 3 amide bonds. The number of nitrogens with one attached hydrogen (secondary N) is 2. The normalized spacial score (nSPS) is 21.4. The van der Waals surface area contributed by atoms with Crippen LogP contribution in [0.2, 0.25) is 0 Å². The zero-order valence-electron chi connectivity index (χ0n) is 13.2. The molecule has 3 rings (SSSR count). The maximum absolute atomic E-state index is 12.5. The smallest absolute Gasteiger partial charge is 0.315 e. The van der Waals surface area contributed by atoms with Crippen molar-refractivity contribution in [2.45, 2.75) is 12.5 Å². The van der Waals surface area contributed by atoms with Crippen LogP contribution in [0.5, 0.6) is 5.75 Å². The summed E-state index contributed by atoms with van der Waals surface area (Å²) < 4.78 is 5.18. The highest BCUT2D eigenvalue weighted by molar-refractivity contribution is 5.90. The Balaban J connectivity index is 1.60. The molecule has 0 bridgehead atoms. The molecule has 1 atom stereocenters. The fourth-order valence-electron chi connectivity index (χ4n) is 3.01. The summed E-state index contributed by atoms with van der Waals surface area (Å²) >= 11 is 0. The number of rotatable bonds is 3. The van der Waals surface area contributed by atoms with E-state index < -0.39 is 6.04 Å². The van der Waals surface area contributed by atoms with Crippen LogP contribution in [-0.4, -0.2) is 62.7 Å². The molecule has 0 saturated carbocycles. The number of amides is 3. The number of urea groups is 1. The molecule has 0 aliphatic carbocycles. The third-order valence-corrected chi connectivity index (χ3v) is 4.32. The van der Waals surface area contributed by atoms with Crippen LogP contribution in [0.15, 0.2) is 24.3 Å². The van der Waals surface area contributed by atoms with E-state index in [4.69, 9.17) is 4.74 Å². The van der Waals surface area contributed by atoms with Gasteiger partial charge in [0, 0.05) is 38.4 Å². The molecule has 1 unspecified atom stereocenters. The third-order valence-electron chi connectivity index (χ3n) is 4.32. The van der Waals surface area contributed by atoms with E-state index in [1.54, 1.807) is 7.11 Å². The molecule has 1 aromatic rings. The molecule has 23 heavy (non-hydrogen) atoms. The van der Waals surface area contributed by atoms with Crippen molar-refractivity contribution in [1.29, 1.82) is 0 Å². The summed E-state index contributed by atoms with van der Waals surface area (Å²) in [5.41, 5.74) is 1.14. The van der Waals surface area contributed by atoms with Crippen LogP contribution in [0.1, 0.15) is 6.42 Å². The van der Waals surface area contributed by atoms with Gasteiger partial charge in [0.2, 0.25) is 5.91 Å². The molecule has 1 aromatic carbocycles. The van der Waals surface area contributed by atoms with Gasteiger partial charge in [0.05, 0.1) is 7.11 Å². The zero-order valence-corrected chi connectivity index (χ0v) is 13.2. The molecular weight excluding hydrogens is 296 g/mol. The Bertz CT molecular complexity index is 575. The average Bonchev–Trinajstić information content (AvgIpc) is 2.87. The molecule has 124 valence electrons. The molecule has 2 saturated heterocycles. The zero-order chi connectivity index (χ0) is 16.2. The average molecular weight is 318 g/mol. The molecule has 2 aliphatic heterocycles. The van der Waals surface area contributed by atoms with Gasteiger partial charge in [-0.2, -0.15) is 0 Å². The number of carbonyl (C=O) groups is 2. The molecule has 2 N–H and O–H groups in total. The number of hydrogen-bond donors (Lipinski definition) is 2. The standard InChI is InChI=1S/C16H22N4O3/c1-23-13-5-3-12(4-6-13)19-7-2-8-20(10-9-19)15(21)14-11-17-16(22)18-14/h3-6,14H,2,7-11H2,1H3,(H2,17,18,22). The van der Waals surface area contributed by atoms with Gasteiger partial charge in [-0.05, 0) is 30.7 Å². The number of carbonyl (C=O) groups excluding carboxylic acids is 2. The van der Waals surface area contributed by atoms with E-state index in [-0.39, 0.29) is 11.9 Å². The monoisotopic (exact) mass is 318 g/mol. The van der Waals surface area contributed by atoms with Gasteiger partial charge < -0.3 is 25.2 Å². The Hall–Kier alpha value is -2.44. The highest BCUT2D eigenvalue weighted by Crippen LogP contribution is 2.20. The largest absolute Gasteiger partial charge is 0.497 e. The van der Waals surface area contributed by atoms with Crippen LogP contribution < -0.4 is 20.3 Å². The van der Waals surface area contributed by atoms with Crippen molar-refractivity contribution in [2.24, 2.45) is 0 Å². The lowest BCUT2D eigenvalue weighted by molar-refractivity contribution is -0.132. The fourth-order valence-corrected chi connectivity index (χ4v) is 3.01. The second-order valence-corrected chi connectivity index (χ2v) is 5.77. The van der Waals surface area contributed by atoms with E-state index in [2.05, 4.69) is 15.5 Å². The van der Waals surface area contributed by atoms with E-state index in [0.29, 0.717) is 13.1 Å². The summed E-state index contributed by atoms with van der Waals surface area (Å²) in [6.07, 6.45) is 0.909. The van der Waals surface area contributed by atoms with Crippen LogP contribution in [0, 0.1) is 0 Å². The summed E-state index contributed by atoms with van der Waals surface area (Å²) in [5.74, 6) is 0.838. The van der Waals surface area contributed by atoms with Crippen molar-refractivity contribution in [2.75, 3.05) is 44.7 Å². The van der Waals surface area contributed by atoms with Crippen LogP contribution in [-0.2, 0) is 4.79 Å². The van der Waals surface area contributed by atoms with Gasteiger partial charge >= 0.3 is 6.03 Å². The van der Waals surface area contributed by atoms with E-state index in [0.717, 1.165) is 37.5 Å². The Morgan fingerprint density at radius 1 is 1.17 bits per heavy atom. The van der Waals surface area contributed by atoms with Crippen molar-refractivity contribution in [3.63, 3.8) is 0 Å². The number of methoxy groups -OCH3 is 1. The van der Waals surface area contributed by atoms with E-state index in [1.165, 1.54) is 0 Å². The van der Waals surface area contributed by atoms with Gasteiger partial charge in [0.15, 0.2) is 0 Å². The van der Waals surface area contributed by atoms with Crippen LogP contribution in [0.3, 0.4) is 0 Å². The lowest BCUT2D eigenvalue weighted by Gasteiger charge is -2.25. The first-order chi connectivity index (χ1) is 11.2. The molecule has 0 aromatic heterocycles. The lowest BCUT2D eigenvalue weighted by Crippen LogP contribution is -2.46. The van der Waals surface area contributed by atoms with Crippen LogP contribution in [0.4, 0.5) is 10.5 Å². The van der Waals surface area contributed by atoms with Crippen LogP contribution >= 0.6 is 0 Å². The Kier molecular flexibility index (Phi) is 4.55. The van der Waals surface area contributed by atoms with Crippen LogP contribution in [0.25, 0.3) is 0 Å². The number of hydrogen-bond acceptors (Lipinski definition) is 4. The van der Waals surface area contributed by atoms with E-state index in [1.807, 2.05) is 29.2 Å². The predicted molar refractivity (Wildman–Crippen MR) is 86.7 cm³/mol. The minimum Gasteiger partial charge on any atom is -0.497 e. The molecule has 0 spiro atoms. The molecule has 2 heterocycles. The van der Waals surface area contributed by atoms with Gasteiger partial charge in [0.25, 0.3) is 0 Å². The molecular formula is C16H22N4O3. The maximum Gasteiger partial charge on any atom is 0.315 e. The second-order valence-electron chi connectivity index (χ2n) is 5.77. The van der Waals surface area contributed by atoms with Gasteiger partial charge in [-0.25, -0.2) is 4.79 Å². The number of anilines is 1. The maximum atomic E-state index is 12.5. The minimum atomic E-state index is -0.435. The van der Waals surface area contributed by atoms with Crippen molar-refractivity contribution >= 4 is 17.6 Å². The number of ether oxygens (including phenoxy) is 1. The summed E-state index contributed by atoms with van der Waals surface area (Å²) in [6.45, 7) is 3.45. The first kappa shape index (κ1) is 15.5. The topological polar surface area (TPSA) is 73.9 Å². The second kappa shape index (κ2) is 6.76.